The minimum atomic E-state index is -3.80. The van der Waals surface area contributed by atoms with Crippen LogP contribution in [0.2, 0.25) is 0 Å². The highest BCUT2D eigenvalue weighted by molar-refractivity contribution is 7.48. The van der Waals surface area contributed by atoms with E-state index in [2.05, 4.69) is 15.0 Å². The summed E-state index contributed by atoms with van der Waals surface area (Å²) in [5, 5.41) is 10.8. The van der Waals surface area contributed by atoms with E-state index in [-0.39, 0.29) is 11.9 Å². The summed E-state index contributed by atoms with van der Waals surface area (Å²) in [6.07, 6.45) is -1.72. The molecule has 2 aromatic heterocycles. The van der Waals surface area contributed by atoms with Crippen LogP contribution in [0, 0.1) is 0 Å². The molecule has 0 aromatic carbocycles. The van der Waals surface area contributed by atoms with Gasteiger partial charge in [0.25, 0.3) is 0 Å². The third kappa shape index (κ3) is 2.81. The summed E-state index contributed by atoms with van der Waals surface area (Å²) < 4.78 is 36.4. The average molecular weight is 385 g/mol. The van der Waals surface area contributed by atoms with Gasteiger partial charge in [-0.15, -0.1) is 0 Å². The lowest BCUT2D eigenvalue weighted by Gasteiger charge is -2.35. The van der Waals surface area contributed by atoms with Gasteiger partial charge in [-0.2, -0.15) is 0 Å². The Bertz CT molecular complexity index is 875. The fraction of sp³-hybridized carbons (Fsp3) is 0.643. The van der Waals surface area contributed by atoms with Crippen LogP contribution in [-0.2, 0) is 22.9 Å². The number of nitrogen functional groups attached to an aromatic ring is 1. The fourth-order valence-corrected chi connectivity index (χ4v) is 4.94. The predicted molar refractivity (Wildman–Crippen MR) is 88.9 cm³/mol. The number of anilines is 1. The molecular weight excluding hydrogens is 365 g/mol. The van der Waals surface area contributed by atoms with E-state index in [0.29, 0.717) is 11.2 Å². The lowest BCUT2D eigenvalue weighted by molar-refractivity contribution is -0.106. The molecule has 0 saturated carbocycles. The fourth-order valence-electron chi connectivity index (χ4n) is 3.21. The van der Waals surface area contributed by atoms with E-state index in [9.17, 15) is 9.67 Å². The zero-order chi connectivity index (χ0) is 18.6. The number of aliphatic hydroxyl groups is 1. The molecule has 0 amide bonds. The Hall–Kier alpha value is -1.62. The molecule has 3 unspecified atom stereocenters. The van der Waals surface area contributed by atoms with E-state index in [1.165, 1.54) is 12.7 Å². The smallest absolute Gasteiger partial charge is 0.386 e. The normalized spacial score (nSPS) is 37.3. The van der Waals surface area contributed by atoms with Crippen LogP contribution in [-0.4, -0.2) is 55.1 Å². The molecule has 2 fully saturated rings. The number of hydrogen-bond donors (Lipinski definition) is 2. The van der Waals surface area contributed by atoms with E-state index >= 15 is 0 Å². The monoisotopic (exact) mass is 385 g/mol. The third-order valence-corrected chi connectivity index (χ3v) is 6.03. The van der Waals surface area contributed by atoms with E-state index in [4.69, 9.17) is 24.0 Å². The molecule has 2 aromatic rings. The second-order valence-corrected chi connectivity index (χ2v) is 8.07. The molecule has 4 heterocycles. The maximum absolute atomic E-state index is 12.7. The second-order valence-electron chi connectivity index (χ2n) is 6.55. The first kappa shape index (κ1) is 17.8. The summed E-state index contributed by atoms with van der Waals surface area (Å²) in [5.74, 6) is 0.224. The van der Waals surface area contributed by atoms with Crippen molar-refractivity contribution in [1.29, 1.82) is 0 Å². The molecule has 142 valence electrons. The summed E-state index contributed by atoms with van der Waals surface area (Å²) >= 11 is 0. The van der Waals surface area contributed by atoms with Gasteiger partial charge in [0.15, 0.2) is 17.7 Å². The van der Waals surface area contributed by atoms with Crippen LogP contribution in [0.15, 0.2) is 12.7 Å². The van der Waals surface area contributed by atoms with Crippen molar-refractivity contribution >= 4 is 24.8 Å². The van der Waals surface area contributed by atoms with Gasteiger partial charge in [-0.05, 0) is 20.8 Å². The van der Waals surface area contributed by atoms with Crippen LogP contribution in [0.1, 0.15) is 27.0 Å². The summed E-state index contributed by atoms with van der Waals surface area (Å²) in [5.41, 5.74) is 6.61. The number of nitrogens with zero attached hydrogens (tertiary/aromatic N) is 4. The van der Waals surface area contributed by atoms with Gasteiger partial charge < -0.3 is 15.6 Å². The highest BCUT2D eigenvalue weighted by Crippen LogP contribution is 2.59. The Morgan fingerprint density at radius 1 is 1.31 bits per heavy atom. The van der Waals surface area contributed by atoms with Crippen LogP contribution in [0.5, 0.6) is 0 Å². The molecule has 0 bridgehead atoms. The molecule has 4 rings (SSSR count). The quantitative estimate of drug-likeness (QED) is 0.734. The van der Waals surface area contributed by atoms with E-state index < -0.39 is 38.5 Å². The van der Waals surface area contributed by atoms with Gasteiger partial charge in [-0.1, -0.05) is 0 Å². The minimum Gasteiger partial charge on any atom is -0.386 e. The number of phosphoric acid groups is 1. The third-order valence-electron chi connectivity index (χ3n) is 4.26. The van der Waals surface area contributed by atoms with Crippen molar-refractivity contribution < 1.29 is 28.0 Å². The van der Waals surface area contributed by atoms with E-state index in [1.54, 1.807) is 25.3 Å². The first-order chi connectivity index (χ1) is 12.3. The van der Waals surface area contributed by atoms with E-state index in [0.717, 1.165) is 0 Å². The van der Waals surface area contributed by atoms with Gasteiger partial charge in [0.2, 0.25) is 0 Å². The molecule has 2 aliphatic rings. The number of phosphoric ester groups is 1. The molecule has 3 N–H and O–H groups in total. The molecule has 2 aliphatic heterocycles. The van der Waals surface area contributed by atoms with Crippen molar-refractivity contribution in [2.75, 3.05) is 5.73 Å². The molecular formula is C14H20N5O6P. The highest BCUT2D eigenvalue weighted by atomic mass is 31.2. The van der Waals surface area contributed by atoms with Crippen LogP contribution in [0.25, 0.3) is 11.2 Å². The van der Waals surface area contributed by atoms with Crippen molar-refractivity contribution in [3.63, 3.8) is 0 Å². The van der Waals surface area contributed by atoms with Crippen LogP contribution in [0.3, 0.4) is 0 Å². The number of hydrogen-bond acceptors (Lipinski definition) is 10. The number of fused-ring (bicyclic) bond motifs is 2. The average Bonchev–Trinajstić information content (AvgIpc) is 3.09. The number of rotatable bonds is 3. The predicted octanol–water partition coefficient (Wildman–Crippen LogP) is 1.00. The first-order valence-corrected chi connectivity index (χ1v) is 9.67. The molecule has 6 atom stereocenters. The number of ether oxygens (including phenoxy) is 1. The van der Waals surface area contributed by atoms with Crippen molar-refractivity contribution in [3.8, 4) is 0 Å². The zero-order valence-electron chi connectivity index (χ0n) is 14.4. The summed E-state index contributed by atoms with van der Waals surface area (Å²) in [7, 11) is -3.80. The van der Waals surface area contributed by atoms with Gasteiger partial charge in [-0.3, -0.25) is 18.1 Å². The second kappa shape index (κ2) is 6.22. The van der Waals surface area contributed by atoms with Gasteiger partial charge in [0.05, 0.1) is 18.5 Å². The number of aromatic nitrogens is 4. The first-order valence-electron chi connectivity index (χ1n) is 8.21. The maximum atomic E-state index is 12.7. The Morgan fingerprint density at radius 2 is 2.08 bits per heavy atom. The molecule has 0 aliphatic carbocycles. The van der Waals surface area contributed by atoms with Crippen LogP contribution < -0.4 is 5.73 Å². The molecule has 26 heavy (non-hydrogen) atoms. The Morgan fingerprint density at radius 3 is 2.81 bits per heavy atom. The highest BCUT2D eigenvalue weighted by Gasteiger charge is 2.56. The minimum absolute atomic E-state index is 0.224. The summed E-state index contributed by atoms with van der Waals surface area (Å²) in [6, 6.07) is 0. The van der Waals surface area contributed by atoms with E-state index in [1.807, 2.05) is 0 Å². The van der Waals surface area contributed by atoms with Crippen molar-refractivity contribution in [3.05, 3.63) is 12.7 Å². The number of imidazole rings is 1. The topological polar surface area (TPSA) is 144 Å². The summed E-state index contributed by atoms with van der Waals surface area (Å²) in [6.45, 7) is 5.13. The van der Waals surface area contributed by atoms with Gasteiger partial charge >= 0.3 is 7.82 Å². The lowest BCUT2D eigenvalue weighted by Crippen LogP contribution is -2.44. The summed E-state index contributed by atoms with van der Waals surface area (Å²) in [4.78, 5) is 12.2. The van der Waals surface area contributed by atoms with Gasteiger partial charge in [0.1, 0.15) is 30.2 Å². The largest absolute Gasteiger partial charge is 0.475 e. The van der Waals surface area contributed by atoms with Crippen LogP contribution in [0.4, 0.5) is 5.82 Å². The SMILES string of the molecule is CC(C)OP1(=O)OC2C(O[C@@H](n3cnc4c(N)ncnc43)[C@@H]2O)[C@H](C)O1. The van der Waals surface area contributed by atoms with Gasteiger partial charge in [-0.25, -0.2) is 19.5 Å². The van der Waals surface area contributed by atoms with Gasteiger partial charge in [0, 0.05) is 0 Å². The molecule has 2 saturated heterocycles. The Labute approximate surface area is 149 Å². The Balaban J connectivity index is 1.66. The number of nitrogens with two attached hydrogens (primary N) is 1. The number of aliphatic hydroxyl groups excluding tert-OH is 1. The van der Waals surface area contributed by atoms with Crippen molar-refractivity contribution in [1.82, 2.24) is 19.5 Å². The van der Waals surface area contributed by atoms with Crippen molar-refractivity contribution in [2.45, 2.75) is 57.5 Å². The Kier molecular flexibility index (Phi) is 4.25. The molecule has 11 nitrogen and oxygen atoms in total. The molecule has 0 spiro atoms. The maximum Gasteiger partial charge on any atom is 0.475 e. The molecule has 0 radical (unpaired) electrons. The lowest BCUT2D eigenvalue weighted by atomic mass is 10.1. The standard InChI is InChI=1S/C14H20N5O6P/c1-6(2)23-26(21)24-7(3)10-11(25-26)9(20)14(22-10)19-5-18-8-12(15)16-4-17-13(8)19/h4-7,9-11,14,20H,1-3H3,(H2,15,16,17)/t7-,9+,10?,11?,14+,26?/m0/s1. The van der Waals surface area contributed by atoms with Crippen molar-refractivity contribution in [2.24, 2.45) is 0 Å². The zero-order valence-corrected chi connectivity index (χ0v) is 15.3. The van der Waals surface area contributed by atoms with Crippen LogP contribution >= 0.6 is 7.82 Å². The molecule has 12 heteroatoms.